The van der Waals surface area contributed by atoms with Gasteiger partial charge in [-0.15, -0.1) is 0 Å². The number of carbonyl (C=O) groups is 1. The number of hydrogen-bond acceptors (Lipinski definition) is 2. The van der Waals surface area contributed by atoms with Crippen LogP contribution in [0.15, 0.2) is 30.3 Å². The molecule has 0 aromatic heterocycles. The van der Waals surface area contributed by atoms with E-state index in [-0.39, 0.29) is 0 Å². The Labute approximate surface area is 119 Å². The van der Waals surface area contributed by atoms with Gasteiger partial charge in [-0.1, -0.05) is 17.7 Å². The minimum absolute atomic E-state index is 0.300. The van der Waals surface area contributed by atoms with Crippen molar-refractivity contribution in [3.8, 4) is 0 Å². The number of aryl methyl sites for hydroxylation is 1. The van der Waals surface area contributed by atoms with Crippen molar-refractivity contribution >= 4 is 28.9 Å². The first-order valence-corrected chi connectivity index (χ1v) is 6.08. The van der Waals surface area contributed by atoms with Crippen LogP contribution >= 0.6 is 11.6 Å². The lowest BCUT2D eigenvalue weighted by atomic mass is 10.1. The molecule has 0 fully saturated rings. The van der Waals surface area contributed by atoms with E-state index in [1.807, 2.05) is 6.92 Å². The molecule has 1 amide bonds. The molecule has 104 valence electrons. The molecule has 6 heteroatoms. The average molecular weight is 297 g/mol. The zero-order valence-electron chi connectivity index (χ0n) is 10.5. The molecule has 0 unspecified atom stereocenters. The van der Waals surface area contributed by atoms with E-state index >= 15 is 0 Å². The lowest BCUT2D eigenvalue weighted by Crippen LogP contribution is -2.15. The highest BCUT2D eigenvalue weighted by Gasteiger charge is 2.17. The summed E-state index contributed by atoms with van der Waals surface area (Å²) in [6, 6.07) is 6.58. The quantitative estimate of drug-likeness (QED) is 0.829. The van der Waals surface area contributed by atoms with Gasteiger partial charge in [0.05, 0.1) is 22.0 Å². The summed E-state index contributed by atoms with van der Waals surface area (Å²) in [5, 5.41) is 2.73. The number of nitrogens with one attached hydrogen (secondary N) is 1. The van der Waals surface area contributed by atoms with Gasteiger partial charge in [0.25, 0.3) is 5.91 Å². The van der Waals surface area contributed by atoms with E-state index in [9.17, 15) is 13.6 Å². The Bertz CT molecular complexity index is 689. The Hall–Kier alpha value is -2.14. The summed E-state index contributed by atoms with van der Waals surface area (Å²) in [5.41, 5.74) is 5.57. The van der Waals surface area contributed by atoms with Gasteiger partial charge in [-0.05, 0) is 36.8 Å². The highest BCUT2D eigenvalue weighted by Crippen LogP contribution is 2.24. The minimum atomic E-state index is -0.965. The van der Waals surface area contributed by atoms with E-state index in [0.717, 1.165) is 17.7 Å². The molecule has 0 aliphatic heterocycles. The molecule has 2 aromatic carbocycles. The van der Waals surface area contributed by atoms with Crippen LogP contribution in [0.25, 0.3) is 0 Å². The fourth-order valence-corrected chi connectivity index (χ4v) is 1.86. The van der Waals surface area contributed by atoms with Crippen LogP contribution in [-0.2, 0) is 0 Å². The van der Waals surface area contributed by atoms with Crippen LogP contribution in [-0.4, -0.2) is 5.91 Å². The van der Waals surface area contributed by atoms with Crippen molar-refractivity contribution in [1.82, 2.24) is 0 Å². The number of rotatable bonds is 2. The predicted octanol–water partition coefficient (Wildman–Crippen LogP) is 3.76. The normalized spacial score (nSPS) is 10.4. The molecular formula is C14H11ClF2N2O. The molecule has 0 aliphatic rings. The van der Waals surface area contributed by atoms with E-state index in [2.05, 4.69) is 5.32 Å². The third-order valence-electron chi connectivity index (χ3n) is 2.68. The van der Waals surface area contributed by atoms with Crippen LogP contribution in [0.4, 0.5) is 20.2 Å². The summed E-state index contributed by atoms with van der Waals surface area (Å²) < 4.78 is 26.9. The Morgan fingerprint density at radius 3 is 2.65 bits per heavy atom. The van der Waals surface area contributed by atoms with Crippen LogP contribution in [0.5, 0.6) is 0 Å². The number of benzene rings is 2. The standard InChI is InChI=1S/C14H11ClF2N2O/c1-7-2-3-10(15)12(4-7)19-14(20)9-5-8(16)6-11(18)13(9)17/h2-6H,18H2,1H3,(H,19,20). The van der Waals surface area contributed by atoms with Gasteiger partial charge >= 0.3 is 0 Å². The van der Waals surface area contributed by atoms with Crippen molar-refractivity contribution in [3.63, 3.8) is 0 Å². The van der Waals surface area contributed by atoms with Crippen LogP contribution in [0.1, 0.15) is 15.9 Å². The number of amides is 1. The van der Waals surface area contributed by atoms with Crippen LogP contribution in [0.2, 0.25) is 5.02 Å². The molecule has 0 atom stereocenters. The third-order valence-corrected chi connectivity index (χ3v) is 3.01. The summed E-state index contributed by atoms with van der Waals surface area (Å²) >= 11 is 5.92. The zero-order valence-corrected chi connectivity index (χ0v) is 11.3. The zero-order chi connectivity index (χ0) is 14.9. The van der Waals surface area contributed by atoms with Gasteiger partial charge in [0.2, 0.25) is 0 Å². The van der Waals surface area contributed by atoms with Gasteiger partial charge in [0.15, 0.2) is 5.82 Å². The fraction of sp³-hybridized carbons (Fsp3) is 0.0714. The van der Waals surface area contributed by atoms with E-state index < -0.39 is 28.8 Å². The molecule has 3 N–H and O–H groups in total. The van der Waals surface area contributed by atoms with Crippen molar-refractivity contribution < 1.29 is 13.6 Å². The van der Waals surface area contributed by atoms with Crippen molar-refractivity contribution in [2.24, 2.45) is 0 Å². The molecule has 0 saturated carbocycles. The molecule has 0 bridgehead atoms. The number of nitrogen functional groups attached to an aromatic ring is 1. The topological polar surface area (TPSA) is 55.1 Å². The first-order chi connectivity index (χ1) is 9.38. The number of carbonyl (C=O) groups excluding carboxylic acids is 1. The highest BCUT2D eigenvalue weighted by atomic mass is 35.5. The van der Waals surface area contributed by atoms with E-state index in [0.29, 0.717) is 10.7 Å². The molecular weight excluding hydrogens is 286 g/mol. The van der Waals surface area contributed by atoms with Gasteiger partial charge in [-0.25, -0.2) is 8.78 Å². The summed E-state index contributed by atoms with van der Waals surface area (Å²) in [6.45, 7) is 1.81. The number of anilines is 2. The Morgan fingerprint density at radius 2 is 1.95 bits per heavy atom. The van der Waals surface area contributed by atoms with Gasteiger partial charge in [-0.3, -0.25) is 4.79 Å². The van der Waals surface area contributed by atoms with Crippen LogP contribution < -0.4 is 11.1 Å². The number of nitrogens with two attached hydrogens (primary N) is 1. The van der Waals surface area contributed by atoms with Gasteiger partial charge in [-0.2, -0.15) is 0 Å². The predicted molar refractivity (Wildman–Crippen MR) is 74.9 cm³/mol. The largest absolute Gasteiger partial charge is 0.396 e. The van der Waals surface area contributed by atoms with Crippen molar-refractivity contribution in [2.75, 3.05) is 11.1 Å². The van der Waals surface area contributed by atoms with E-state index in [1.165, 1.54) is 0 Å². The molecule has 0 heterocycles. The maximum atomic E-state index is 13.7. The maximum Gasteiger partial charge on any atom is 0.258 e. The van der Waals surface area contributed by atoms with Crippen molar-refractivity contribution in [2.45, 2.75) is 6.92 Å². The third kappa shape index (κ3) is 2.88. The molecule has 0 saturated heterocycles. The van der Waals surface area contributed by atoms with E-state index in [1.54, 1.807) is 18.2 Å². The first-order valence-electron chi connectivity index (χ1n) is 5.70. The molecule has 20 heavy (non-hydrogen) atoms. The van der Waals surface area contributed by atoms with Crippen LogP contribution in [0, 0.1) is 18.6 Å². The van der Waals surface area contributed by atoms with Gasteiger partial charge < -0.3 is 11.1 Å². The van der Waals surface area contributed by atoms with Gasteiger partial charge in [0.1, 0.15) is 5.82 Å². The Morgan fingerprint density at radius 1 is 1.25 bits per heavy atom. The second-order valence-corrected chi connectivity index (χ2v) is 4.70. The minimum Gasteiger partial charge on any atom is -0.396 e. The second kappa shape index (κ2) is 5.46. The molecule has 3 nitrogen and oxygen atoms in total. The van der Waals surface area contributed by atoms with Gasteiger partial charge in [0, 0.05) is 0 Å². The summed E-state index contributed by atoms with van der Waals surface area (Å²) in [5.74, 6) is -2.57. The van der Waals surface area contributed by atoms with Crippen LogP contribution in [0.3, 0.4) is 0 Å². The summed E-state index contributed by atoms with van der Waals surface area (Å²) in [7, 11) is 0. The number of hydrogen-bond donors (Lipinski definition) is 2. The SMILES string of the molecule is Cc1ccc(Cl)c(NC(=O)c2cc(F)cc(N)c2F)c1. The fourth-order valence-electron chi connectivity index (χ4n) is 1.70. The monoisotopic (exact) mass is 296 g/mol. The Balaban J connectivity index is 2.35. The maximum absolute atomic E-state index is 13.7. The lowest BCUT2D eigenvalue weighted by Gasteiger charge is -2.10. The second-order valence-electron chi connectivity index (χ2n) is 4.29. The molecule has 0 spiro atoms. The average Bonchev–Trinajstić information content (AvgIpc) is 2.38. The molecule has 2 rings (SSSR count). The number of halogens is 3. The van der Waals surface area contributed by atoms with E-state index in [4.69, 9.17) is 17.3 Å². The lowest BCUT2D eigenvalue weighted by molar-refractivity contribution is 0.102. The molecule has 0 radical (unpaired) electrons. The highest BCUT2D eigenvalue weighted by molar-refractivity contribution is 6.34. The molecule has 0 aliphatic carbocycles. The van der Waals surface area contributed by atoms with Crippen molar-refractivity contribution in [1.29, 1.82) is 0 Å². The molecule has 2 aromatic rings. The Kier molecular flexibility index (Phi) is 3.90. The van der Waals surface area contributed by atoms with Crippen molar-refractivity contribution in [3.05, 3.63) is 58.1 Å². The summed E-state index contributed by atoms with van der Waals surface area (Å²) in [4.78, 5) is 12.0. The smallest absolute Gasteiger partial charge is 0.258 e. The first kappa shape index (κ1) is 14.3. The summed E-state index contributed by atoms with van der Waals surface area (Å²) in [6.07, 6.45) is 0.